The number of amides is 1. The van der Waals surface area contributed by atoms with Crippen molar-refractivity contribution < 1.29 is 23.8 Å². The fourth-order valence-corrected chi connectivity index (χ4v) is 4.48. The molecule has 1 N–H and O–H groups in total. The minimum atomic E-state index is -0.408. The van der Waals surface area contributed by atoms with E-state index in [2.05, 4.69) is 10.3 Å². The van der Waals surface area contributed by atoms with Crippen LogP contribution in [0.5, 0.6) is 11.5 Å². The summed E-state index contributed by atoms with van der Waals surface area (Å²) in [6.07, 6.45) is 1.90. The van der Waals surface area contributed by atoms with E-state index in [0.29, 0.717) is 28.5 Å². The minimum Gasteiger partial charge on any atom is -0.497 e. The molecule has 0 aromatic heterocycles. The van der Waals surface area contributed by atoms with Gasteiger partial charge in [-0.1, -0.05) is 23.9 Å². The summed E-state index contributed by atoms with van der Waals surface area (Å²) in [5.41, 5.74) is 2.58. The Kier molecular flexibility index (Phi) is 7.22. The maximum Gasteiger partial charge on any atom is 0.338 e. The number of amidine groups is 1. The maximum atomic E-state index is 12.8. The molecule has 2 aliphatic heterocycles. The smallest absolute Gasteiger partial charge is 0.338 e. The van der Waals surface area contributed by atoms with Crippen LogP contribution in [0.25, 0.3) is 0 Å². The van der Waals surface area contributed by atoms with Crippen molar-refractivity contribution in [2.24, 2.45) is 4.99 Å². The first-order valence-corrected chi connectivity index (χ1v) is 11.6. The predicted octanol–water partition coefficient (Wildman–Crippen LogP) is 4.48. The normalized spacial score (nSPS) is 16.6. The number of benzene rings is 2. The Bertz CT molecular complexity index is 1170. The number of aliphatic imine (C=N–C) groups is 1. The first-order valence-electron chi connectivity index (χ1n) is 10.7. The topological polar surface area (TPSA) is 89.5 Å². The zero-order valence-corrected chi connectivity index (χ0v) is 19.9. The number of nitrogens with zero attached hydrogens (tertiary/aromatic N) is 2. The summed E-state index contributed by atoms with van der Waals surface area (Å²) in [5.74, 6) is 0.538. The van der Waals surface area contributed by atoms with Gasteiger partial charge in [-0.25, -0.2) is 9.79 Å². The van der Waals surface area contributed by atoms with Crippen LogP contribution in [-0.2, 0) is 14.3 Å². The Morgan fingerprint density at radius 3 is 2.68 bits per heavy atom. The molecule has 8 nitrogen and oxygen atoms in total. The predicted molar refractivity (Wildman–Crippen MR) is 132 cm³/mol. The lowest BCUT2D eigenvalue weighted by Crippen LogP contribution is -2.34. The summed E-state index contributed by atoms with van der Waals surface area (Å²) in [6, 6.07) is 14.0. The number of rotatable bonds is 8. The zero-order valence-electron chi connectivity index (χ0n) is 19.1. The molecular weight excluding hydrogens is 454 g/mol. The summed E-state index contributed by atoms with van der Waals surface area (Å²) in [7, 11) is 1.59. The van der Waals surface area contributed by atoms with Crippen molar-refractivity contribution >= 4 is 34.5 Å². The van der Waals surface area contributed by atoms with Crippen LogP contribution in [-0.4, -0.2) is 42.3 Å². The molecule has 0 fully saturated rings. The Labute approximate surface area is 202 Å². The van der Waals surface area contributed by atoms with Crippen LogP contribution >= 0.6 is 11.8 Å². The molecule has 0 radical (unpaired) electrons. The molecular formula is C25H25N3O5S. The molecule has 2 aromatic rings. The third-order valence-corrected chi connectivity index (χ3v) is 6.00. The summed E-state index contributed by atoms with van der Waals surface area (Å²) >= 11 is 1.49. The minimum absolute atomic E-state index is 0.161. The fourth-order valence-electron chi connectivity index (χ4n) is 3.69. The van der Waals surface area contributed by atoms with Crippen LogP contribution in [0.1, 0.15) is 25.5 Å². The van der Waals surface area contributed by atoms with E-state index in [4.69, 9.17) is 14.2 Å². The molecule has 9 heteroatoms. The van der Waals surface area contributed by atoms with Gasteiger partial charge in [0.15, 0.2) is 11.8 Å². The van der Waals surface area contributed by atoms with Crippen LogP contribution < -0.4 is 14.8 Å². The number of carbonyl (C=O) groups excluding carboxylic acids is 2. The van der Waals surface area contributed by atoms with Gasteiger partial charge in [0.05, 0.1) is 31.0 Å². The van der Waals surface area contributed by atoms with Gasteiger partial charge in [-0.05, 0) is 61.2 Å². The number of nitrogens with one attached hydrogen (secondary N) is 1. The van der Waals surface area contributed by atoms with Gasteiger partial charge in [0.2, 0.25) is 0 Å². The molecule has 0 saturated heterocycles. The Balaban J connectivity index is 1.50. The largest absolute Gasteiger partial charge is 0.497 e. The molecule has 0 unspecified atom stereocenters. The molecule has 0 spiro atoms. The van der Waals surface area contributed by atoms with E-state index in [1.807, 2.05) is 41.6 Å². The quantitative estimate of drug-likeness (QED) is 0.559. The van der Waals surface area contributed by atoms with Crippen molar-refractivity contribution in [1.29, 1.82) is 0 Å². The molecule has 1 amide bonds. The van der Waals surface area contributed by atoms with Crippen LogP contribution in [0.4, 0.5) is 5.69 Å². The second-order valence-corrected chi connectivity index (χ2v) is 8.34. The number of allylic oxidation sites excluding steroid dienone is 1. The van der Waals surface area contributed by atoms with Crippen molar-refractivity contribution in [2.75, 3.05) is 25.6 Å². The Morgan fingerprint density at radius 1 is 1.15 bits per heavy atom. The third-order valence-electron chi connectivity index (χ3n) is 5.23. The van der Waals surface area contributed by atoms with Crippen molar-refractivity contribution in [3.63, 3.8) is 0 Å². The number of hydrogen-bond acceptors (Lipinski definition) is 8. The second kappa shape index (κ2) is 10.5. The van der Waals surface area contributed by atoms with Gasteiger partial charge in [0.25, 0.3) is 5.91 Å². The summed E-state index contributed by atoms with van der Waals surface area (Å²) in [6.45, 7) is 3.70. The van der Waals surface area contributed by atoms with Crippen LogP contribution in [0.2, 0.25) is 0 Å². The van der Waals surface area contributed by atoms with E-state index < -0.39 is 12.0 Å². The number of esters is 1. The Hall–Kier alpha value is -3.72. The number of fused-ring (bicyclic) bond motifs is 1. The lowest BCUT2D eigenvalue weighted by Gasteiger charge is -2.33. The van der Waals surface area contributed by atoms with E-state index >= 15 is 0 Å². The third kappa shape index (κ3) is 5.09. The van der Waals surface area contributed by atoms with Gasteiger partial charge < -0.3 is 24.4 Å². The van der Waals surface area contributed by atoms with Crippen molar-refractivity contribution in [3.8, 4) is 11.5 Å². The van der Waals surface area contributed by atoms with E-state index in [-0.39, 0.29) is 19.1 Å². The fraction of sp³-hybridized carbons (Fsp3) is 0.240. The number of thioether (sulfide) groups is 1. The lowest BCUT2D eigenvalue weighted by molar-refractivity contribution is -0.139. The molecule has 34 heavy (non-hydrogen) atoms. The van der Waals surface area contributed by atoms with Crippen LogP contribution in [0, 0.1) is 0 Å². The standard InChI is InChI=1S/C25H25N3O5S/c1-4-32-24(30)22-16(2)26-25-28(12-13-34-25)23(22)17-6-5-7-20(14-17)33-15-21(29)27-18-8-10-19(31-3)11-9-18/h5-14,23H,4,15H2,1-3H3,(H,27,29)/t23-/m1/s1. The Morgan fingerprint density at radius 2 is 1.94 bits per heavy atom. The van der Waals surface area contributed by atoms with Crippen LogP contribution in [0.15, 0.2) is 76.4 Å². The summed E-state index contributed by atoms with van der Waals surface area (Å²) in [4.78, 5) is 31.7. The van der Waals surface area contributed by atoms with E-state index in [0.717, 1.165) is 10.7 Å². The van der Waals surface area contributed by atoms with Crippen LogP contribution in [0.3, 0.4) is 0 Å². The first-order chi connectivity index (χ1) is 16.5. The summed E-state index contributed by atoms with van der Waals surface area (Å²) < 4.78 is 16.2. The maximum absolute atomic E-state index is 12.8. The van der Waals surface area contributed by atoms with E-state index in [1.54, 1.807) is 44.4 Å². The number of carbonyl (C=O) groups is 2. The SMILES string of the molecule is CCOC(=O)C1=C(C)N=C2SC=CN2[C@@H]1c1cccc(OCC(=O)Nc2ccc(OC)cc2)c1. The monoisotopic (exact) mass is 479 g/mol. The number of ether oxygens (including phenoxy) is 3. The van der Waals surface area contributed by atoms with Gasteiger partial charge in [-0.15, -0.1) is 0 Å². The average Bonchev–Trinajstić information content (AvgIpc) is 3.30. The molecule has 2 aromatic carbocycles. The zero-order chi connectivity index (χ0) is 24.1. The molecule has 4 rings (SSSR count). The van der Waals surface area contributed by atoms with Gasteiger partial charge >= 0.3 is 5.97 Å². The van der Waals surface area contributed by atoms with Crippen molar-refractivity contribution in [2.45, 2.75) is 19.9 Å². The van der Waals surface area contributed by atoms with E-state index in [9.17, 15) is 9.59 Å². The van der Waals surface area contributed by atoms with E-state index in [1.165, 1.54) is 11.8 Å². The van der Waals surface area contributed by atoms with Crippen molar-refractivity contribution in [1.82, 2.24) is 4.90 Å². The van der Waals surface area contributed by atoms with Gasteiger partial charge in [-0.2, -0.15) is 0 Å². The molecule has 176 valence electrons. The first kappa shape index (κ1) is 23.4. The molecule has 0 aliphatic carbocycles. The van der Waals surface area contributed by atoms with Crippen molar-refractivity contribution in [3.05, 3.63) is 77.0 Å². The molecule has 0 bridgehead atoms. The summed E-state index contributed by atoms with van der Waals surface area (Å²) in [5, 5.41) is 5.51. The van der Waals surface area contributed by atoms with Gasteiger partial charge in [-0.3, -0.25) is 4.79 Å². The number of anilines is 1. The molecule has 0 saturated carbocycles. The highest BCUT2D eigenvalue weighted by atomic mass is 32.2. The number of methoxy groups -OCH3 is 1. The lowest BCUT2D eigenvalue weighted by atomic mass is 9.94. The highest BCUT2D eigenvalue weighted by Gasteiger charge is 2.37. The average molecular weight is 480 g/mol. The molecule has 2 aliphatic rings. The van der Waals surface area contributed by atoms with Gasteiger partial charge in [0, 0.05) is 11.9 Å². The highest BCUT2D eigenvalue weighted by molar-refractivity contribution is 8.16. The highest BCUT2D eigenvalue weighted by Crippen LogP contribution is 2.41. The number of hydrogen-bond donors (Lipinski definition) is 1. The molecule has 1 atom stereocenters. The second-order valence-electron chi connectivity index (χ2n) is 7.46. The molecule has 2 heterocycles. The van der Waals surface area contributed by atoms with Gasteiger partial charge in [0.1, 0.15) is 11.5 Å².